The number of halogens is 1. The zero-order chi connectivity index (χ0) is 20.4. The number of sulfonamides is 1. The first-order valence-corrected chi connectivity index (χ1v) is 13.0. The van der Waals surface area contributed by atoms with Crippen molar-refractivity contribution in [3.05, 3.63) is 16.5 Å². The predicted molar refractivity (Wildman–Crippen MR) is 111 cm³/mol. The number of amides is 1. The van der Waals surface area contributed by atoms with Crippen molar-refractivity contribution in [2.45, 2.75) is 41.1 Å². The van der Waals surface area contributed by atoms with Gasteiger partial charge in [0.25, 0.3) is 10.0 Å². The van der Waals surface area contributed by atoms with Gasteiger partial charge in [-0.05, 0) is 35.4 Å². The van der Waals surface area contributed by atoms with E-state index in [4.69, 9.17) is 11.6 Å². The number of thioether (sulfide) groups is 1. The second-order valence-electron chi connectivity index (χ2n) is 6.98. The number of hydrogen-bond acceptors (Lipinski definition) is 8. The predicted octanol–water partition coefficient (Wildman–Crippen LogP) is 2.13. The van der Waals surface area contributed by atoms with Crippen molar-refractivity contribution in [1.82, 2.24) is 29.4 Å². The fraction of sp³-hybridized carbons (Fsp3) is 0.625. The van der Waals surface area contributed by atoms with E-state index in [2.05, 4.69) is 15.5 Å². The molecule has 0 N–H and O–H groups in total. The topological polar surface area (TPSA) is 101 Å². The summed E-state index contributed by atoms with van der Waals surface area (Å²) in [6.45, 7) is 1.28. The zero-order valence-corrected chi connectivity index (χ0v) is 18.8. The molecule has 1 saturated heterocycles. The Kier molecular flexibility index (Phi) is 6.44. The minimum Gasteiger partial charge on any atom is -0.339 e. The SMILES string of the molecule is O=C(CSc1nnnn1C1CCCC1)N1CCN(S(=O)(=O)c2ccc(Cl)s2)CC1. The molecule has 9 nitrogen and oxygen atoms in total. The summed E-state index contributed by atoms with van der Waals surface area (Å²) in [5.74, 6) is 0.201. The van der Waals surface area contributed by atoms with Gasteiger partial charge in [0.1, 0.15) is 4.21 Å². The summed E-state index contributed by atoms with van der Waals surface area (Å²) in [5, 5.41) is 12.6. The fourth-order valence-electron chi connectivity index (χ4n) is 3.62. The van der Waals surface area contributed by atoms with Crippen molar-refractivity contribution in [1.29, 1.82) is 0 Å². The van der Waals surface area contributed by atoms with Crippen LogP contribution in [0.1, 0.15) is 31.7 Å². The molecular formula is C16H21ClN6O3S3. The van der Waals surface area contributed by atoms with Crippen LogP contribution in [-0.2, 0) is 14.8 Å². The van der Waals surface area contributed by atoms with Crippen molar-refractivity contribution in [3.8, 4) is 0 Å². The quantitative estimate of drug-likeness (QED) is 0.588. The van der Waals surface area contributed by atoms with Gasteiger partial charge in [-0.25, -0.2) is 13.1 Å². The Morgan fingerprint density at radius 1 is 1.21 bits per heavy atom. The van der Waals surface area contributed by atoms with Crippen molar-refractivity contribution in [2.24, 2.45) is 0 Å². The molecule has 0 aromatic carbocycles. The van der Waals surface area contributed by atoms with Crippen LogP contribution in [-0.4, -0.2) is 75.7 Å². The summed E-state index contributed by atoms with van der Waals surface area (Å²) < 4.78 is 29.3. The van der Waals surface area contributed by atoms with Crippen LogP contribution in [0.15, 0.2) is 21.5 Å². The van der Waals surface area contributed by atoms with E-state index in [1.54, 1.807) is 11.0 Å². The Bertz CT molecular complexity index is 964. The number of carbonyl (C=O) groups is 1. The number of hydrogen-bond donors (Lipinski definition) is 0. The summed E-state index contributed by atoms with van der Waals surface area (Å²) >= 11 is 8.25. The molecule has 1 aliphatic carbocycles. The van der Waals surface area contributed by atoms with Crippen LogP contribution in [0, 0.1) is 0 Å². The molecule has 0 bridgehead atoms. The molecule has 158 valence electrons. The normalized spacial score (nSPS) is 19.1. The molecule has 0 atom stereocenters. The molecule has 2 aliphatic rings. The first-order valence-electron chi connectivity index (χ1n) is 9.39. The molecule has 13 heteroatoms. The molecule has 2 aromatic rings. The van der Waals surface area contributed by atoms with Crippen molar-refractivity contribution >= 4 is 50.6 Å². The standard InChI is InChI=1S/C16H21ClN6O3S3/c17-13-5-6-15(28-13)29(25,26)22-9-7-21(8-10-22)14(24)11-27-16-18-19-20-23(16)12-3-1-2-4-12/h5-6,12H,1-4,7-11H2. The van der Waals surface area contributed by atoms with Crippen LogP contribution in [0.5, 0.6) is 0 Å². The molecule has 0 unspecified atom stereocenters. The summed E-state index contributed by atoms with van der Waals surface area (Å²) in [6.07, 6.45) is 4.49. The van der Waals surface area contributed by atoms with E-state index >= 15 is 0 Å². The molecule has 4 rings (SSSR count). The van der Waals surface area contributed by atoms with E-state index in [0.29, 0.717) is 28.6 Å². The monoisotopic (exact) mass is 476 g/mol. The summed E-state index contributed by atoms with van der Waals surface area (Å²) in [4.78, 5) is 14.3. The van der Waals surface area contributed by atoms with Gasteiger partial charge in [-0.2, -0.15) is 4.31 Å². The number of rotatable bonds is 6. The second kappa shape index (κ2) is 8.88. The Balaban J connectivity index is 1.30. The zero-order valence-electron chi connectivity index (χ0n) is 15.6. The highest BCUT2D eigenvalue weighted by molar-refractivity contribution is 7.99. The van der Waals surface area contributed by atoms with Gasteiger partial charge in [0.05, 0.1) is 16.1 Å². The van der Waals surface area contributed by atoms with Crippen LogP contribution in [0.25, 0.3) is 0 Å². The molecule has 1 saturated carbocycles. The Morgan fingerprint density at radius 2 is 1.93 bits per heavy atom. The molecular weight excluding hydrogens is 456 g/mol. The average molecular weight is 477 g/mol. The maximum Gasteiger partial charge on any atom is 0.252 e. The Hall–Kier alpha value is -1.21. The largest absolute Gasteiger partial charge is 0.339 e. The van der Waals surface area contributed by atoms with Crippen LogP contribution in [0.4, 0.5) is 0 Å². The van der Waals surface area contributed by atoms with Gasteiger partial charge >= 0.3 is 0 Å². The summed E-state index contributed by atoms with van der Waals surface area (Å²) in [6, 6.07) is 3.42. The van der Waals surface area contributed by atoms with E-state index in [9.17, 15) is 13.2 Å². The summed E-state index contributed by atoms with van der Waals surface area (Å²) in [7, 11) is -3.56. The van der Waals surface area contributed by atoms with Crippen molar-refractivity contribution in [3.63, 3.8) is 0 Å². The van der Waals surface area contributed by atoms with E-state index in [1.165, 1.54) is 35.0 Å². The fourth-order valence-corrected chi connectivity index (χ4v) is 7.52. The van der Waals surface area contributed by atoms with Gasteiger partial charge in [0.15, 0.2) is 0 Å². The highest BCUT2D eigenvalue weighted by Gasteiger charge is 2.31. The maximum absolute atomic E-state index is 12.7. The lowest BCUT2D eigenvalue weighted by molar-refractivity contribution is -0.129. The molecule has 1 aliphatic heterocycles. The van der Waals surface area contributed by atoms with Gasteiger partial charge in [0, 0.05) is 26.2 Å². The van der Waals surface area contributed by atoms with E-state index in [1.807, 2.05) is 4.68 Å². The van der Waals surface area contributed by atoms with Crippen LogP contribution in [0.2, 0.25) is 4.34 Å². The third-order valence-corrected chi connectivity index (χ3v) is 9.71. The van der Waals surface area contributed by atoms with Gasteiger partial charge in [-0.1, -0.05) is 36.2 Å². The Morgan fingerprint density at radius 3 is 2.59 bits per heavy atom. The van der Waals surface area contributed by atoms with Gasteiger partial charge in [0.2, 0.25) is 11.1 Å². The van der Waals surface area contributed by atoms with Gasteiger partial charge < -0.3 is 4.90 Å². The number of nitrogens with zero attached hydrogens (tertiary/aromatic N) is 6. The number of aromatic nitrogens is 4. The molecule has 0 radical (unpaired) electrons. The van der Waals surface area contributed by atoms with Crippen LogP contribution < -0.4 is 0 Å². The third kappa shape index (κ3) is 4.61. The minimum absolute atomic E-state index is 0.0350. The second-order valence-corrected chi connectivity index (χ2v) is 11.8. The molecule has 2 fully saturated rings. The van der Waals surface area contributed by atoms with Crippen LogP contribution >= 0.6 is 34.7 Å². The lowest BCUT2D eigenvalue weighted by Gasteiger charge is -2.33. The summed E-state index contributed by atoms with van der Waals surface area (Å²) in [5.41, 5.74) is 0. The van der Waals surface area contributed by atoms with Gasteiger partial charge in [-0.15, -0.1) is 16.4 Å². The average Bonchev–Trinajstić information content (AvgIpc) is 3.47. The van der Waals surface area contributed by atoms with E-state index in [0.717, 1.165) is 24.2 Å². The molecule has 1 amide bonds. The highest BCUT2D eigenvalue weighted by Crippen LogP contribution is 2.32. The number of piperazine rings is 1. The first kappa shape index (κ1) is 21.0. The lowest BCUT2D eigenvalue weighted by Crippen LogP contribution is -2.50. The number of carbonyl (C=O) groups excluding carboxylic acids is 1. The number of thiophene rings is 1. The van der Waals surface area contributed by atoms with Crippen LogP contribution in [0.3, 0.4) is 0 Å². The van der Waals surface area contributed by atoms with Crippen molar-refractivity contribution in [2.75, 3.05) is 31.9 Å². The smallest absolute Gasteiger partial charge is 0.252 e. The third-order valence-electron chi connectivity index (χ3n) is 5.19. The Labute approximate surface area is 182 Å². The number of tetrazole rings is 1. The first-order chi connectivity index (χ1) is 13.9. The maximum atomic E-state index is 12.7. The highest BCUT2D eigenvalue weighted by atomic mass is 35.5. The van der Waals surface area contributed by atoms with E-state index in [-0.39, 0.29) is 29.0 Å². The van der Waals surface area contributed by atoms with Crippen molar-refractivity contribution < 1.29 is 13.2 Å². The molecule has 29 heavy (non-hydrogen) atoms. The van der Waals surface area contributed by atoms with Gasteiger partial charge in [-0.3, -0.25) is 4.79 Å². The molecule has 0 spiro atoms. The molecule has 3 heterocycles. The minimum atomic E-state index is -3.56. The lowest BCUT2D eigenvalue weighted by atomic mass is 10.3. The molecule has 2 aromatic heterocycles. The van der Waals surface area contributed by atoms with E-state index < -0.39 is 10.0 Å².